The zero-order valence-electron chi connectivity index (χ0n) is 9.40. The van der Waals surface area contributed by atoms with Gasteiger partial charge in [-0.3, -0.25) is 0 Å². The van der Waals surface area contributed by atoms with Crippen molar-refractivity contribution in [3.63, 3.8) is 0 Å². The molecule has 2 nitrogen and oxygen atoms in total. The van der Waals surface area contributed by atoms with Crippen molar-refractivity contribution in [1.82, 2.24) is 4.98 Å². The van der Waals surface area contributed by atoms with E-state index in [0.29, 0.717) is 0 Å². The van der Waals surface area contributed by atoms with E-state index in [1.54, 1.807) is 12.1 Å². The Morgan fingerprint density at radius 1 is 1.18 bits per heavy atom. The summed E-state index contributed by atoms with van der Waals surface area (Å²) >= 11 is 3.35. The van der Waals surface area contributed by atoms with Crippen LogP contribution < -0.4 is 4.90 Å². The average molecular weight is 295 g/mol. The van der Waals surface area contributed by atoms with Crippen molar-refractivity contribution >= 4 is 27.4 Å². The monoisotopic (exact) mass is 294 g/mol. The predicted molar refractivity (Wildman–Crippen MR) is 71.0 cm³/mol. The standard InChI is InChI=1S/C13H12BrFN2/c1-2-17(11-8-6-10(15)7-9-11)13-5-3-4-12(14)16-13/h3-9H,2H2,1H3. The molecule has 2 rings (SSSR count). The minimum Gasteiger partial charge on any atom is -0.327 e. The molecule has 0 bridgehead atoms. The van der Waals surface area contributed by atoms with Crippen LogP contribution in [-0.4, -0.2) is 11.5 Å². The van der Waals surface area contributed by atoms with E-state index >= 15 is 0 Å². The minimum absolute atomic E-state index is 0.230. The normalized spacial score (nSPS) is 10.3. The topological polar surface area (TPSA) is 16.1 Å². The molecule has 0 unspecified atom stereocenters. The van der Waals surface area contributed by atoms with Crippen LogP contribution in [0.25, 0.3) is 0 Å². The highest BCUT2D eigenvalue weighted by molar-refractivity contribution is 9.10. The van der Waals surface area contributed by atoms with Gasteiger partial charge in [0.25, 0.3) is 0 Å². The van der Waals surface area contributed by atoms with Crippen LogP contribution in [0.5, 0.6) is 0 Å². The van der Waals surface area contributed by atoms with E-state index in [1.807, 2.05) is 30.0 Å². The Morgan fingerprint density at radius 3 is 2.47 bits per heavy atom. The molecule has 0 aliphatic heterocycles. The third-order valence-corrected chi connectivity index (χ3v) is 2.87. The summed E-state index contributed by atoms with van der Waals surface area (Å²) in [4.78, 5) is 6.41. The molecule has 88 valence electrons. The Hall–Kier alpha value is -1.42. The van der Waals surface area contributed by atoms with Crippen molar-refractivity contribution in [3.8, 4) is 0 Å². The summed E-state index contributed by atoms with van der Waals surface area (Å²) in [7, 11) is 0. The minimum atomic E-state index is -0.230. The van der Waals surface area contributed by atoms with E-state index in [9.17, 15) is 4.39 Å². The van der Waals surface area contributed by atoms with Gasteiger partial charge < -0.3 is 4.90 Å². The van der Waals surface area contributed by atoms with Gasteiger partial charge in [0.2, 0.25) is 0 Å². The average Bonchev–Trinajstić information content (AvgIpc) is 2.33. The molecule has 0 aliphatic rings. The Labute approximate surface area is 108 Å². The number of anilines is 2. The van der Waals surface area contributed by atoms with Gasteiger partial charge in [0.15, 0.2) is 0 Å². The molecule has 2 aromatic rings. The molecule has 0 fully saturated rings. The molecule has 0 amide bonds. The third kappa shape index (κ3) is 2.82. The summed E-state index contributed by atoms with van der Waals surface area (Å²) < 4.78 is 13.7. The van der Waals surface area contributed by atoms with Crippen LogP contribution in [-0.2, 0) is 0 Å². The van der Waals surface area contributed by atoms with Gasteiger partial charge in [-0.1, -0.05) is 6.07 Å². The van der Waals surface area contributed by atoms with Crippen LogP contribution in [0.15, 0.2) is 47.1 Å². The number of halogens is 2. The molecule has 4 heteroatoms. The van der Waals surface area contributed by atoms with E-state index in [4.69, 9.17) is 0 Å². The maximum Gasteiger partial charge on any atom is 0.134 e. The number of pyridine rings is 1. The summed E-state index contributed by atoms with van der Waals surface area (Å²) in [6.07, 6.45) is 0. The van der Waals surface area contributed by atoms with Crippen molar-refractivity contribution in [3.05, 3.63) is 52.9 Å². The van der Waals surface area contributed by atoms with Crippen molar-refractivity contribution in [2.45, 2.75) is 6.92 Å². The van der Waals surface area contributed by atoms with E-state index < -0.39 is 0 Å². The van der Waals surface area contributed by atoms with Gasteiger partial charge >= 0.3 is 0 Å². The first kappa shape index (κ1) is 12.0. The van der Waals surface area contributed by atoms with Crippen molar-refractivity contribution in [1.29, 1.82) is 0 Å². The number of hydrogen-bond donors (Lipinski definition) is 0. The van der Waals surface area contributed by atoms with Crippen molar-refractivity contribution in [2.24, 2.45) is 0 Å². The SMILES string of the molecule is CCN(c1ccc(F)cc1)c1cccc(Br)n1. The first-order valence-corrected chi connectivity index (χ1v) is 6.15. The summed E-state index contributed by atoms with van der Waals surface area (Å²) in [5.74, 6) is 0.612. The highest BCUT2D eigenvalue weighted by atomic mass is 79.9. The molecular formula is C13H12BrFN2. The molecular weight excluding hydrogens is 283 g/mol. The molecule has 0 atom stereocenters. The fraction of sp³-hybridized carbons (Fsp3) is 0.154. The first-order valence-electron chi connectivity index (χ1n) is 5.36. The van der Waals surface area contributed by atoms with Crippen LogP contribution in [0.1, 0.15) is 6.92 Å². The molecule has 0 spiro atoms. The van der Waals surface area contributed by atoms with Gasteiger partial charge in [0.05, 0.1) is 0 Å². The highest BCUT2D eigenvalue weighted by Gasteiger charge is 2.08. The van der Waals surface area contributed by atoms with E-state index in [-0.39, 0.29) is 5.82 Å². The van der Waals surface area contributed by atoms with Crippen molar-refractivity contribution < 1.29 is 4.39 Å². The molecule has 0 aliphatic carbocycles. The van der Waals surface area contributed by atoms with Gasteiger partial charge in [0, 0.05) is 12.2 Å². The van der Waals surface area contributed by atoms with Gasteiger partial charge in [0.1, 0.15) is 16.2 Å². The third-order valence-electron chi connectivity index (χ3n) is 2.43. The maximum atomic E-state index is 12.9. The largest absolute Gasteiger partial charge is 0.327 e. The van der Waals surface area contributed by atoms with E-state index in [0.717, 1.165) is 22.7 Å². The second-order valence-corrected chi connectivity index (χ2v) is 4.35. The lowest BCUT2D eigenvalue weighted by Gasteiger charge is -2.22. The predicted octanol–water partition coefficient (Wildman–Crippen LogP) is 4.14. The fourth-order valence-corrected chi connectivity index (χ4v) is 1.98. The number of aromatic nitrogens is 1. The fourth-order valence-electron chi connectivity index (χ4n) is 1.65. The second kappa shape index (κ2) is 5.27. The van der Waals surface area contributed by atoms with Crippen molar-refractivity contribution in [2.75, 3.05) is 11.4 Å². The zero-order chi connectivity index (χ0) is 12.3. The molecule has 0 saturated carbocycles. The summed E-state index contributed by atoms with van der Waals surface area (Å²) in [6.45, 7) is 2.81. The molecule has 0 saturated heterocycles. The van der Waals surface area contributed by atoms with Gasteiger partial charge in [-0.05, 0) is 59.3 Å². The lowest BCUT2D eigenvalue weighted by Crippen LogP contribution is -2.17. The summed E-state index contributed by atoms with van der Waals surface area (Å²) in [5.41, 5.74) is 0.930. The zero-order valence-corrected chi connectivity index (χ0v) is 11.0. The maximum absolute atomic E-state index is 12.9. The van der Waals surface area contributed by atoms with Crippen LogP contribution in [0.3, 0.4) is 0 Å². The Kier molecular flexibility index (Phi) is 3.74. The first-order chi connectivity index (χ1) is 8.20. The molecule has 1 heterocycles. The molecule has 0 radical (unpaired) electrons. The molecule has 0 N–H and O–H groups in total. The Bertz CT molecular complexity index is 499. The molecule has 1 aromatic heterocycles. The highest BCUT2D eigenvalue weighted by Crippen LogP contribution is 2.24. The Balaban J connectivity index is 2.36. The van der Waals surface area contributed by atoms with Gasteiger partial charge in [-0.2, -0.15) is 0 Å². The number of rotatable bonds is 3. The summed E-state index contributed by atoms with van der Waals surface area (Å²) in [5, 5.41) is 0. The quantitative estimate of drug-likeness (QED) is 0.791. The lowest BCUT2D eigenvalue weighted by molar-refractivity contribution is 0.628. The van der Waals surface area contributed by atoms with Crippen LogP contribution in [0, 0.1) is 5.82 Å². The van der Waals surface area contributed by atoms with E-state index in [1.165, 1.54) is 12.1 Å². The number of nitrogens with zero attached hydrogens (tertiary/aromatic N) is 2. The number of hydrogen-bond acceptors (Lipinski definition) is 2. The second-order valence-electron chi connectivity index (χ2n) is 3.54. The van der Waals surface area contributed by atoms with Crippen LogP contribution in [0.4, 0.5) is 15.9 Å². The lowest BCUT2D eigenvalue weighted by atomic mass is 10.2. The smallest absolute Gasteiger partial charge is 0.134 e. The van der Waals surface area contributed by atoms with Gasteiger partial charge in [-0.25, -0.2) is 9.37 Å². The Morgan fingerprint density at radius 2 is 1.88 bits per heavy atom. The van der Waals surface area contributed by atoms with E-state index in [2.05, 4.69) is 20.9 Å². The van der Waals surface area contributed by atoms with Crippen LogP contribution in [0.2, 0.25) is 0 Å². The van der Waals surface area contributed by atoms with Crippen LogP contribution >= 0.6 is 15.9 Å². The molecule has 1 aromatic carbocycles. The summed E-state index contributed by atoms with van der Waals surface area (Å²) in [6, 6.07) is 12.1. The molecule has 17 heavy (non-hydrogen) atoms. The van der Waals surface area contributed by atoms with Gasteiger partial charge in [-0.15, -0.1) is 0 Å². The number of benzene rings is 1.